The molecule has 1 aliphatic rings. The minimum absolute atomic E-state index is 0.120. The number of ether oxygens (including phenoxy) is 1. The Morgan fingerprint density at radius 1 is 1.30 bits per heavy atom. The fraction of sp³-hybridized carbons (Fsp3) is 0.533. The zero-order chi connectivity index (χ0) is 14.4. The molecule has 5 heteroatoms. The van der Waals surface area contributed by atoms with Crippen molar-refractivity contribution in [3.05, 3.63) is 28.7 Å². The Kier molecular flexibility index (Phi) is 6.78. The average molecular weight is 375 g/mol. The first kappa shape index (κ1) is 16.2. The molecule has 0 aromatic heterocycles. The summed E-state index contributed by atoms with van der Waals surface area (Å²) in [6, 6.07) is 8.36. The maximum Gasteiger partial charge on any atom is 0.315 e. The molecule has 1 aromatic rings. The summed E-state index contributed by atoms with van der Waals surface area (Å²) in [5.74, 6) is 0.346. The van der Waals surface area contributed by atoms with Crippen molar-refractivity contribution in [1.82, 2.24) is 0 Å². The summed E-state index contributed by atoms with van der Waals surface area (Å²) in [4.78, 5) is 12.6. The molecule has 1 aromatic carbocycles. The molecule has 0 amide bonds. The number of methoxy groups -OCH3 is 1. The van der Waals surface area contributed by atoms with Gasteiger partial charge in [-0.3, -0.25) is 4.79 Å². The normalized spacial score (nSPS) is 22.5. The van der Waals surface area contributed by atoms with E-state index < -0.39 is 0 Å². The highest BCUT2D eigenvalue weighted by Crippen LogP contribution is 2.41. The summed E-state index contributed by atoms with van der Waals surface area (Å²) in [5, 5.41) is 1.12. The highest BCUT2D eigenvalue weighted by molar-refractivity contribution is 9.10. The molecule has 0 aliphatic heterocycles. The first-order valence-corrected chi connectivity index (χ1v) is 9.52. The number of thioether (sulfide) groups is 2. The molecular formula is C15H19BrO2S2. The van der Waals surface area contributed by atoms with Crippen molar-refractivity contribution in [3.8, 4) is 0 Å². The van der Waals surface area contributed by atoms with Crippen LogP contribution in [0.1, 0.15) is 25.7 Å². The third-order valence-corrected chi connectivity index (χ3v) is 7.40. The second kappa shape index (κ2) is 8.35. The molecule has 0 radical (unpaired) electrons. The molecule has 2 nitrogen and oxygen atoms in total. The number of rotatable bonds is 5. The van der Waals surface area contributed by atoms with Crippen molar-refractivity contribution >= 4 is 45.4 Å². The number of carbonyl (C=O) groups is 1. The molecular weight excluding hydrogens is 356 g/mol. The van der Waals surface area contributed by atoms with Crippen LogP contribution in [0.3, 0.4) is 0 Å². The lowest BCUT2D eigenvalue weighted by Crippen LogP contribution is -2.25. The Morgan fingerprint density at radius 2 is 2.00 bits per heavy atom. The molecule has 0 heterocycles. The van der Waals surface area contributed by atoms with Crippen molar-refractivity contribution in [1.29, 1.82) is 0 Å². The van der Waals surface area contributed by atoms with Gasteiger partial charge in [-0.15, -0.1) is 23.5 Å². The molecule has 1 saturated carbocycles. The SMILES string of the molecule is COC(=O)CSC1CCCCC1Sc1ccccc1Br. The third kappa shape index (κ3) is 4.71. The van der Waals surface area contributed by atoms with E-state index in [1.54, 1.807) is 11.8 Å². The predicted molar refractivity (Wildman–Crippen MR) is 90.5 cm³/mol. The molecule has 1 aliphatic carbocycles. The van der Waals surface area contributed by atoms with E-state index in [0.29, 0.717) is 16.3 Å². The zero-order valence-electron chi connectivity index (χ0n) is 11.5. The van der Waals surface area contributed by atoms with Gasteiger partial charge in [0.1, 0.15) is 0 Å². The van der Waals surface area contributed by atoms with E-state index in [9.17, 15) is 4.79 Å². The monoisotopic (exact) mass is 374 g/mol. The van der Waals surface area contributed by atoms with E-state index in [2.05, 4.69) is 34.1 Å². The van der Waals surface area contributed by atoms with Gasteiger partial charge in [0.15, 0.2) is 0 Å². The van der Waals surface area contributed by atoms with Crippen LogP contribution in [-0.2, 0) is 9.53 Å². The zero-order valence-corrected chi connectivity index (χ0v) is 14.7. The lowest BCUT2D eigenvalue weighted by molar-refractivity contribution is -0.137. The smallest absolute Gasteiger partial charge is 0.315 e. The average Bonchev–Trinajstić information content (AvgIpc) is 2.48. The van der Waals surface area contributed by atoms with Gasteiger partial charge in [-0.2, -0.15) is 0 Å². The molecule has 0 saturated heterocycles. The van der Waals surface area contributed by atoms with Crippen LogP contribution in [-0.4, -0.2) is 29.3 Å². The lowest BCUT2D eigenvalue weighted by atomic mass is 10.00. The van der Waals surface area contributed by atoms with Gasteiger partial charge < -0.3 is 4.74 Å². The Hall–Kier alpha value is -0.130. The van der Waals surface area contributed by atoms with E-state index >= 15 is 0 Å². The molecule has 0 spiro atoms. The molecule has 110 valence electrons. The van der Waals surface area contributed by atoms with Crippen molar-refractivity contribution < 1.29 is 9.53 Å². The second-order valence-corrected chi connectivity index (χ2v) is 8.16. The fourth-order valence-corrected chi connectivity index (χ4v) is 5.68. The highest BCUT2D eigenvalue weighted by Gasteiger charge is 2.27. The molecule has 0 N–H and O–H groups in total. The van der Waals surface area contributed by atoms with Gasteiger partial charge in [-0.25, -0.2) is 0 Å². The third-order valence-electron chi connectivity index (χ3n) is 3.40. The van der Waals surface area contributed by atoms with Crippen molar-refractivity contribution in [2.24, 2.45) is 0 Å². The molecule has 1 fully saturated rings. The molecule has 20 heavy (non-hydrogen) atoms. The molecule has 2 rings (SSSR count). The first-order chi connectivity index (χ1) is 9.70. The Labute approximate surface area is 137 Å². The van der Waals surface area contributed by atoms with Gasteiger partial charge >= 0.3 is 5.97 Å². The number of carbonyl (C=O) groups excluding carboxylic acids is 1. The van der Waals surface area contributed by atoms with Crippen LogP contribution in [0.2, 0.25) is 0 Å². The summed E-state index contributed by atoms with van der Waals surface area (Å²) in [6.45, 7) is 0. The first-order valence-electron chi connectivity index (χ1n) is 6.80. The number of hydrogen-bond donors (Lipinski definition) is 0. The van der Waals surface area contributed by atoms with Gasteiger partial charge in [0.05, 0.1) is 12.9 Å². The highest BCUT2D eigenvalue weighted by atomic mass is 79.9. The van der Waals surface area contributed by atoms with Crippen LogP contribution >= 0.6 is 39.5 Å². The van der Waals surface area contributed by atoms with E-state index in [0.717, 1.165) is 4.47 Å². The van der Waals surface area contributed by atoms with E-state index in [4.69, 9.17) is 4.74 Å². The Bertz CT molecular complexity index is 453. The number of esters is 1. The van der Waals surface area contributed by atoms with Crippen LogP contribution in [0.4, 0.5) is 0 Å². The van der Waals surface area contributed by atoms with Crippen LogP contribution in [0.5, 0.6) is 0 Å². The van der Waals surface area contributed by atoms with Gasteiger partial charge in [0.25, 0.3) is 0 Å². The Balaban J connectivity index is 1.96. The molecule has 0 bridgehead atoms. The number of hydrogen-bond acceptors (Lipinski definition) is 4. The van der Waals surface area contributed by atoms with Crippen LogP contribution in [0, 0.1) is 0 Å². The van der Waals surface area contributed by atoms with E-state index in [1.807, 2.05) is 17.8 Å². The minimum atomic E-state index is -0.120. The number of benzene rings is 1. The standard InChI is InChI=1S/C15H19BrO2S2/c1-18-15(17)10-19-13-8-4-5-9-14(13)20-12-7-3-2-6-11(12)16/h2-3,6-7,13-14H,4-5,8-10H2,1H3. The van der Waals surface area contributed by atoms with Crippen LogP contribution < -0.4 is 0 Å². The number of halogens is 1. The summed E-state index contributed by atoms with van der Waals surface area (Å²) in [6.07, 6.45) is 4.98. The molecule has 2 atom stereocenters. The van der Waals surface area contributed by atoms with Gasteiger partial charge in [0, 0.05) is 19.9 Å². The largest absolute Gasteiger partial charge is 0.468 e. The molecule has 2 unspecified atom stereocenters. The quantitative estimate of drug-likeness (QED) is 0.694. The summed E-state index contributed by atoms with van der Waals surface area (Å²) in [7, 11) is 1.46. The van der Waals surface area contributed by atoms with Gasteiger partial charge in [-0.05, 0) is 40.9 Å². The predicted octanol–water partition coefficient (Wildman–Crippen LogP) is 4.76. The second-order valence-electron chi connectivity index (χ2n) is 4.80. The van der Waals surface area contributed by atoms with Crippen molar-refractivity contribution in [2.45, 2.75) is 41.1 Å². The maximum atomic E-state index is 11.3. The van der Waals surface area contributed by atoms with E-state index in [-0.39, 0.29) is 5.97 Å². The summed E-state index contributed by atoms with van der Waals surface area (Å²) < 4.78 is 5.90. The van der Waals surface area contributed by atoms with E-state index in [1.165, 1.54) is 37.7 Å². The maximum absolute atomic E-state index is 11.3. The summed E-state index contributed by atoms with van der Waals surface area (Å²) in [5.41, 5.74) is 0. The van der Waals surface area contributed by atoms with Crippen LogP contribution in [0.15, 0.2) is 33.6 Å². The fourth-order valence-electron chi connectivity index (χ4n) is 2.33. The van der Waals surface area contributed by atoms with Crippen LogP contribution in [0.25, 0.3) is 0 Å². The van der Waals surface area contributed by atoms with Crippen molar-refractivity contribution in [3.63, 3.8) is 0 Å². The van der Waals surface area contributed by atoms with Crippen molar-refractivity contribution in [2.75, 3.05) is 12.9 Å². The lowest BCUT2D eigenvalue weighted by Gasteiger charge is -2.30. The Morgan fingerprint density at radius 3 is 2.70 bits per heavy atom. The summed E-state index contributed by atoms with van der Waals surface area (Å²) >= 11 is 7.31. The van der Waals surface area contributed by atoms with Gasteiger partial charge in [-0.1, -0.05) is 25.0 Å². The van der Waals surface area contributed by atoms with Gasteiger partial charge in [0.2, 0.25) is 0 Å². The minimum Gasteiger partial charge on any atom is -0.468 e. The topological polar surface area (TPSA) is 26.3 Å².